The first kappa shape index (κ1) is 13.7. The zero-order valence-electron chi connectivity index (χ0n) is 10.2. The van der Waals surface area contributed by atoms with Crippen LogP contribution in [0, 0.1) is 0 Å². The number of hydrogen-bond donors (Lipinski definition) is 1. The summed E-state index contributed by atoms with van der Waals surface area (Å²) in [6.07, 6.45) is 5.65. The van der Waals surface area contributed by atoms with Gasteiger partial charge in [0.2, 0.25) is 0 Å². The van der Waals surface area contributed by atoms with Crippen molar-refractivity contribution in [1.29, 1.82) is 0 Å². The molecule has 17 heavy (non-hydrogen) atoms. The molecule has 0 aliphatic heterocycles. The van der Waals surface area contributed by atoms with Crippen molar-refractivity contribution < 1.29 is 0 Å². The molecule has 0 spiro atoms. The zero-order valence-corrected chi connectivity index (χ0v) is 12.6. The smallest absolute Gasteiger partial charge is 0.0561 e. The van der Waals surface area contributed by atoms with E-state index in [2.05, 4.69) is 29.4 Å². The standard InChI is InChI=1S/C13H20ClNS2/c1-2-15-12(13-11(14)7-8-16-13)9-17-10-5-3-4-6-10/h7-8,10,12,15H,2-6,9H2,1H3. The summed E-state index contributed by atoms with van der Waals surface area (Å²) in [4.78, 5) is 1.30. The topological polar surface area (TPSA) is 12.0 Å². The van der Waals surface area contributed by atoms with Crippen molar-refractivity contribution in [1.82, 2.24) is 5.32 Å². The van der Waals surface area contributed by atoms with Crippen LogP contribution in [-0.2, 0) is 0 Å². The van der Waals surface area contributed by atoms with Crippen LogP contribution in [0.25, 0.3) is 0 Å². The summed E-state index contributed by atoms with van der Waals surface area (Å²) in [5, 5.41) is 7.45. The molecule has 1 N–H and O–H groups in total. The van der Waals surface area contributed by atoms with Crippen molar-refractivity contribution in [2.75, 3.05) is 12.3 Å². The van der Waals surface area contributed by atoms with Crippen LogP contribution in [0.4, 0.5) is 0 Å². The van der Waals surface area contributed by atoms with Crippen molar-refractivity contribution >= 4 is 34.7 Å². The lowest BCUT2D eigenvalue weighted by atomic mass is 10.3. The van der Waals surface area contributed by atoms with Crippen LogP contribution >= 0.6 is 34.7 Å². The van der Waals surface area contributed by atoms with Gasteiger partial charge in [-0.15, -0.1) is 11.3 Å². The molecular formula is C13H20ClNS2. The molecular weight excluding hydrogens is 270 g/mol. The molecule has 1 heterocycles. The fourth-order valence-corrected chi connectivity index (χ4v) is 5.10. The van der Waals surface area contributed by atoms with Crippen LogP contribution in [0.1, 0.15) is 43.5 Å². The van der Waals surface area contributed by atoms with Crippen LogP contribution in [0.3, 0.4) is 0 Å². The van der Waals surface area contributed by atoms with Crippen LogP contribution in [-0.4, -0.2) is 17.5 Å². The largest absolute Gasteiger partial charge is 0.309 e. The Hall–Kier alpha value is 0.300. The maximum Gasteiger partial charge on any atom is 0.0561 e. The van der Waals surface area contributed by atoms with Gasteiger partial charge in [-0.25, -0.2) is 0 Å². The highest BCUT2D eigenvalue weighted by molar-refractivity contribution is 7.99. The molecule has 1 aromatic rings. The number of nitrogens with one attached hydrogen (secondary N) is 1. The number of thiophene rings is 1. The van der Waals surface area contributed by atoms with E-state index in [4.69, 9.17) is 11.6 Å². The molecule has 0 bridgehead atoms. The molecule has 1 atom stereocenters. The van der Waals surface area contributed by atoms with E-state index in [0.29, 0.717) is 6.04 Å². The Morgan fingerprint density at radius 3 is 2.88 bits per heavy atom. The average Bonchev–Trinajstić information content (AvgIpc) is 2.95. The third kappa shape index (κ3) is 3.88. The lowest BCUT2D eigenvalue weighted by molar-refractivity contribution is 0.614. The van der Waals surface area contributed by atoms with E-state index in [9.17, 15) is 0 Å². The molecule has 4 heteroatoms. The summed E-state index contributed by atoms with van der Waals surface area (Å²) >= 11 is 10.1. The second kappa shape index (κ2) is 7.03. The average molecular weight is 290 g/mol. The van der Waals surface area contributed by atoms with E-state index in [1.165, 1.54) is 30.6 Å². The van der Waals surface area contributed by atoms with Crippen LogP contribution in [0.2, 0.25) is 5.02 Å². The Bertz CT molecular complexity index is 334. The molecule has 1 unspecified atom stereocenters. The minimum Gasteiger partial charge on any atom is -0.309 e. The van der Waals surface area contributed by atoms with Gasteiger partial charge in [-0.05, 0) is 30.8 Å². The molecule has 1 aliphatic carbocycles. The second-order valence-electron chi connectivity index (χ2n) is 4.48. The van der Waals surface area contributed by atoms with Gasteiger partial charge < -0.3 is 5.32 Å². The fraction of sp³-hybridized carbons (Fsp3) is 0.692. The van der Waals surface area contributed by atoms with Crippen LogP contribution in [0.15, 0.2) is 11.4 Å². The second-order valence-corrected chi connectivity index (χ2v) is 7.17. The lowest BCUT2D eigenvalue weighted by Crippen LogP contribution is -2.23. The normalized spacial score (nSPS) is 18.7. The Morgan fingerprint density at radius 1 is 1.53 bits per heavy atom. The minimum absolute atomic E-state index is 0.429. The first-order chi connectivity index (χ1) is 8.31. The van der Waals surface area contributed by atoms with E-state index in [1.54, 1.807) is 11.3 Å². The monoisotopic (exact) mass is 289 g/mol. The van der Waals surface area contributed by atoms with Gasteiger partial charge in [0.15, 0.2) is 0 Å². The first-order valence-electron chi connectivity index (χ1n) is 6.39. The molecule has 1 aliphatic rings. The number of hydrogen-bond acceptors (Lipinski definition) is 3. The van der Waals surface area contributed by atoms with Gasteiger partial charge in [0.1, 0.15) is 0 Å². The Morgan fingerprint density at radius 2 is 2.29 bits per heavy atom. The van der Waals surface area contributed by atoms with Crippen molar-refractivity contribution in [3.8, 4) is 0 Å². The van der Waals surface area contributed by atoms with Gasteiger partial charge >= 0.3 is 0 Å². The Labute approximate surface area is 117 Å². The quantitative estimate of drug-likeness (QED) is 0.813. The van der Waals surface area contributed by atoms with Crippen LogP contribution < -0.4 is 5.32 Å². The van der Waals surface area contributed by atoms with Crippen LogP contribution in [0.5, 0.6) is 0 Å². The third-order valence-corrected chi connectivity index (χ3v) is 6.15. The maximum absolute atomic E-state index is 6.23. The summed E-state index contributed by atoms with van der Waals surface area (Å²) in [6, 6.07) is 2.43. The van der Waals surface area contributed by atoms with Gasteiger partial charge in [0, 0.05) is 15.9 Å². The van der Waals surface area contributed by atoms with E-state index in [0.717, 1.165) is 22.6 Å². The highest BCUT2D eigenvalue weighted by Gasteiger charge is 2.20. The molecule has 1 aromatic heterocycles. The summed E-state index contributed by atoms with van der Waals surface area (Å²) in [6.45, 7) is 3.17. The zero-order chi connectivity index (χ0) is 12.1. The third-order valence-electron chi connectivity index (χ3n) is 3.21. The van der Waals surface area contributed by atoms with Gasteiger partial charge in [0.05, 0.1) is 11.1 Å². The van der Waals surface area contributed by atoms with Crippen molar-refractivity contribution in [3.05, 3.63) is 21.3 Å². The molecule has 0 amide bonds. The summed E-state index contributed by atoms with van der Waals surface area (Å²) in [5.41, 5.74) is 0. The van der Waals surface area contributed by atoms with Gasteiger partial charge in [-0.3, -0.25) is 0 Å². The van der Waals surface area contributed by atoms with Gasteiger partial charge in [-0.1, -0.05) is 31.4 Å². The molecule has 0 radical (unpaired) electrons. The SMILES string of the molecule is CCNC(CSC1CCCC1)c1sccc1Cl. The molecule has 1 saturated carbocycles. The van der Waals surface area contributed by atoms with E-state index >= 15 is 0 Å². The molecule has 0 aromatic carbocycles. The van der Waals surface area contributed by atoms with E-state index < -0.39 is 0 Å². The lowest BCUT2D eigenvalue weighted by Gasteiger charge is -2.19. The molecule has 96 valence electrons. The van der Waals surface area contributed by atoms with E-state index in [1.807, 2.05) is 6.07 Å². The Balaban J connectivity index is 1.90. The van der Waals surface area contributed by atoms with Crippen molar-refractivity contribution in [2.45, 2.75) is 43.9 Å². The Kier molecular flexibility index (Phi) is 5.67. The summed E-state index contributed by atoms with van der Waals surface area (Å²) in [5.74, 6) is 1.15. The highest BCUT2D eigenvalue weighted by atomic mass is 35.5. The van der Waals surface area contributed by atoms with Gasteiger partial charge in [0.25, 0.3) is 0 Å². The highest BCUT2D eigenvalue weighted by Crippen LogP contribution is 2.35. The van der Waals surface area contributed by atoms with Crippen molar-refractivity contribution in [3.63, 3.8) is 0 Å². The van der Waals surface area contributed by atoms with Gasteiger partial charge in [-0.2, -0.15) is 11.8 Å². The van der Waals surface area contributed by atoms with E-state index in [-0.39, 0.29) is 0 Å². The minimum atomic E-state index is 0.429. The molecule has 0 saturated heterocycles. The maximum atomic E-state index is 6.23. The summed E-state index contributed by atoms with van der Waals surface area (Å²) in [7, 11) is 0. The first-order valence-corrected chi connectivity index (χ1v) is 8.69. The number of rotatable bonds is 6. The predicted molar refractivity (Wildman–Crippen MR) is 80.5 cm³/mol. The summed E-state index contributed by atoms with van der Waals surface area (Å²) < 4.78 is 0. The number of thioether (sulfide) groups is 1. The predicted octanol–water partition coefficient (Wildman–Crippen LogP) is 4.73. The molecule has 2 rings (SSSR count). The molecule has 1 nitrogen and oxygen atoms in total. The molecule has 1 fully saturated rings. The van der Waals surface area contributed by atoms with Crippen molar-refractivity contribution in [2.24, 2.45) is 0 Å². The fourth-order valence-electron chi connectivity index (χ4n) is 2.32. The number of halogens is 1.